The summed E-state index contributed by atoms with van der Waals surface area (Å²) in [6.07, 6.45) is 1.61. The fourth-order valence-corrected chi connectivity index (χ4v) is 2.59. The van der Waals surface area contributed by atoms with Crippen LogP contribution in [0.2, 0.25) is 0 Å². The Morgan fingerprint density at radius 2 is 2.25 bits per heavy atom. The number of amides is 1. The smallest absolute Gasteiger partial charge is 0.310 e. The Hall–Kier alpha value is -1.85. The Morgan fingerprint density at radius 3 is 2.85 bits per heavy atom. The predicted octanol–water partition coefficient (Wildman–Crippen LogP) is 1.14. The highest BCUT2D eigenvalue weighted by atomic mass is 16.5. The van der Waals surface area contributed by atoms with Gasteiger partial charge < -0.3 is 9.64 Å². The monoisotopic (exact) mass is 279 g/mol. The van der Waals surface area contributed by atoms with Crippen molar-refractivity contribution < 1.29 is 14.3 Å². The molecular formula is C14H21N3O3. The van der Waals surface area contributed by atoms with Crippen LogP contribution in [0.3, 0.4) is 0 Å². The Balaban J connectivity index is 2.07. The summed E-state index contributed by atoms with van der Waals surface area (Å²) in [5, 5.41) is 4.19. The number of hydrogen-bond donors (Lipinski definition) is 0. The van der Waals surface area contributed by atoms with Crippen molar-refractivity contribution in [2.24, 2.45) is 13.0 Å². The summed E-state index contributed by atoms with van der Waals surface area (Å²) >= 11 is 0. The average Bonchev–Trinajstić information content (AvgIpc) is 2.77. The van der Waals surface area contributed by atoms with E-state index in [1.165, 1.54) is 0 Å². The van der Waals surface area contributed by atoms with E-state index in [-0.39, 0.29) is 17.8 Å². The zero-order valence-electron chi connectivity index (χ0n) is 12.3. The van der Waals surface area contributed by atoms with Crippen LogP contribution in [0.5, 0.6) is 0 Å². The summed E-state index contributed by atoms with van der Waals surface area (Å²) in [4.78, 5) is 26.0. The molecule has 1 atom stereocenters. The molecule has 2 rings (SSSR count). The van der Waals surface area contributed by atoms with Gasteiger partial charge in [-0.25, -0.2) is 0 Å². The molecule has 20 heavy (non-hydrogen) atoms. The standard InChI is InChI=1S/C14H21N3O3/c1-4-20-14(19)11-6-5-7-17(9-11)13(18)12-8-10(2)15-16(12)3/h8,11H,4-7,9H2,1-3H3/t11-/m1/s1. The molecule has 1 amide bonds. The van der Waals surface area contributed by atoms with E-state index in [4.69, 9.17) is 4.74 Å². The molecule has 1 fully saturated rings. The van der Waals surface area contributed by atoms with Gasteiger partial charge in [-0.3, -0.25) is 14.3 Å². The number of hydrogen-bond acceptors (Lipinski definition) is 4. The van der Waals surface area contributed by atoms with Gasteiger partial charge in [0.05, 0.1) is 18.2 Å². The van der Waals surface area contributed by atoms with Gasteiger partial charge in [0.1, 0.15) is 5.69 Å². The van der Waals surface area contributed by atoms with E-state index in [0.717, 1.165) is 18.5 Å². The largest absolute Gasteiger partial charge is 0.466 e. The quantitative estimate of drug-likeness (QED) is 0.778. The Morgan fingerprint density at radius 1 is 1.50 bits per heavy atom. The highest BCUT2D eigenvalue weighted by molar-refractivity contribution is 5.93. The number of piperidine rings is 1. The molecule has 0 N–H and O–H groups in total. The molecule has 2 heterocycles. The fourth-order valence-electron chi connectivity index (χ4n) is 2.59. The van der Waals surface area contributed by atoms with Crippen LogP contribution in [-0.2, 0) is 16.6 Å². The number of rotatable bonds is 3. The molecule has 0 aliphatic carbocycles. The van der Waals surface area contributed by atoms with E-state index in [2.05, 4.69) is 5.10 Å². The first-order valence-electron chi connectivity index (χ1n) is 6.99. The second-order valence-electron chi connectivity index (χ2n) is 5.14. The van der Waals surface area contributed by atoms with Gasteiger partial charge in [0, 0.05) is 20.1 Å². The van der Waals surface area contributed by atoms with E-state index < -0.39 is 0 Å². The first-order chi connectivity index (χ1) is 9.52. The molecule has 1 aromatic heterocycles. The van der Waals surface area contributed by atoms with E-state index in [0.29, 0.717) is 25.4 Å². The van der Waals surface area contributed by atoms with Gasteiger partial charge >= 0.3 is 5.97 Å². The molecule has 6 nitrogen and oxygen atoms in total. The summed E-state index contributed by atoms with van der Waals surface area (Å²) in [6.45, 7) is 5.14. The lowest BCUT2D eigenvalue weighted by Crippen LogP contribution is -2.43. The molecule has 0 aromatic carbocycles. The van der Waals surface area contributed by atoms with E-state index in [1.54, 1.807) is 29.6 Å². The van der Waals surface area contributed by atoms with E-state index in [1.807, 2.05) is 6.92 Å². The van der Waals surface area contributed by atoms with Crippen LogP contribution >= 0.6 is 0 Å². The molecule has 0 bridgehead atoms. The van der Waals surface area contributed by atoms with E-state index >= 15 is 0 Å². The second kappa shape index (κ2) is 6.07. The van der Waals surface area contributed by atoms with Crippen molar-refractivity contribution in [2.75, 3.05) is 19.7 Å². The van der Waals surface area contributed by atoms with Crippen LogP contribution < -0.4 is 0 Å². The first kappa shape index (κ1) is 14.6. The molecule has 6 heteroatoms. The van der Waals surface area contributed by atoms with Crippen molar-refractivity contribution in [1.82, 2.24) is 14.7 Å². The second-order valence-corrected chi connectivity index (χ2v) is 5.14. The molecular weight excluding hydrogens is 258 g/mol. The first-order valence-corrected chi connectivity index (χ1v) is 6.99. The van der Waals surface area contributed by atoms with Crippen molar-refractivity contribution >= 4 is 11.9 Å². The summed E-state index contributed by atoms with van der Waals surface area (Å²) in [5.41, 5.74) is 1.38. The van der Waals surface area contributed by atoms with Gasteiger partial charge in [-0.15, -0.1) is 0 Å². The van der Waals surface area contributed by atoms with Crippen LogP contribution in [-0.4, -0.2) is 46.3 Å². The summed E-state index contributed by atoms with van der Waals surface area (Å²) in [7, 11) is 1.76. The topological polar surface area (TPSA) is 64.4 Å². The van der Waals surface area contributed by atoms with Gasteiger partial charge in [-0.2, -0.15) is 5.10 Å². The minimum atomic E-state index is -0.207. The lowest BCUT2D eigenvalue weighted by Gasteiger charge is -2.31. The van der Waals surface area contributed by atoms with Gasteiger partial charge in [0.25, 0.3) is 5.91 Å². The highest BCUT2D eigenvalue weighted by Gasteiger charge is 2.30. The van der Waals surface area contributed by atoms with Gasteiger partial charge in [-0.1, -0.05) is 0 Å². The SMILES string of the molecule is CCOC(=O)[C@@H]1CCCN(C(=O)c2cc(C)nn2C)C1. The number of esters is 1. The lowest BCUT2D eigenvalue weighted by atomic mass is 9.98. The van der Waals surface area contributed by atoms with Crippen molar-refractivity contribution in [3.63, 3.8) is 0 Å². The molecule has 0 spiro atoms. The zero-order valence-corrected chi connectivity index (χ0v) is 12.3. The normalized spacial score (nSPS) is 18.9. The molecule has 0 unspecified atom stereocenters. The van der Waals surface area contributed by atoms with Gasteiger partial charge in [-0.05, 0) is 32.8 Å². The van der Waals surface area contributed by atoms with Crippen molar-refractivity contribution in [1.29, 1.82) is 0 Å². The predicted molar refractivity (Wildman–Crippen MR) is 73.2 cm³/mol. The van der Waals surface area contributed by atoms with Crippen molar-refractivity contribution in [3.05, 3.63) is 17.5 Å². The number of nitrogens with zero attached hydrogens (tertiary/aromatic N) is 3. The molecule has 0 radical (unpaired) electrons. The fraction of sp³-hybridized carbons (Fsp3) is 0.643. The number of carbonyl (C=O) groups is 2. The third-order valence-electron chi connectivity index (χ3n) is 3.55. The van der Waals surface area contributed by atoms with Crippen LogP contribution in [0.1, 0.15) is 35.9 Å². The maximum Gasteiger partial charge on any atom is 0.310 e. The zero-order chi connectivity index (χ0) is 14.7. The molecule has 0 saturated carbocycles. The minimum absolute atomic E-state index is 0.0675. The maximum atomic E-state index is 12.5. The van der Waals surface area contributed by atoms with Crippen LogP contribution in [0.15, 0.2) is 6.07 Å². The summed E-state index contributed by atoms with van der Waals surface area (Å²) in [5.74, 6) is -0.477. The van der Waals surface area contributed by atoms with Crippen molar-refractivity contribution in [3.8, 4) is 0 Å². The Labute approximate surface area is 118 Å². The lowest BCUT2D eigenvalue weighted by molar-refractivity contribution is -0.149. The highest BCUT2D eigenvalue weighted by Crippen LogP contribution is 2.20. The number of aromatic nitrogens is 2. The van der Waals surface area contributed by atoms with Crippen LogP contribution in [0, 0.1) is 12.8 Å². The number of ether oxygens (including phenoxy) is 1. The molecule has 1 aliphatic heterocycles. The van der Waals surface area contributed by atoms with E-state index in [9.17, 15) is 9.59 Å². The molecule has 1 saturated heterocycles. The maximum absolute atomic E-state index is 12.5. The molecule has 110 valence electrons. The number of likely N-dealkylation sites (tertiary alicyclic amines) is 1. The third-order valence-corrected chi connectivity index (χ3v) is 3.55. The summed E-state index contributed by atoms with van der Waals surface area (Å²) < 4.78 is 6.64. The Kier molecular flexibility index (Phi) is 4.42. The van der Waals surface area contributed by atoms with Crippen LogP contribution in [0.25, 0.3) is 0 Å². The Bertz CT molecular complexity index is 510. The van der Waals surface area contributed by atoms with Crippen LogP contribution in [0.4, 0.5) is 0 Å². The summed E-state index contributed by atoms with van der Waals surface area (Å²) in [6, 6.07) is 1.77. The third kappa shape index (κ3) is 3.00. The van der Waals surface area contributed by atoms with Gasteiger partial charge in [0.2, 0.25) is 0 Å². The minimum Gasteiger partial charge on any atom is -0.466 e. The number of aryl methyl sites for hydroxylation is 2. The number of carbonyl (C=O) groups excluding carboxylic acids is 2. The average molecular weight is 279 g/mol. The molecule has 1 aliphatic rings. The molecule has 1 aromatic rings. The van der Waals surface area contributed by atoms with Gasteiger partial charge in [0.15, 0.2) is 0 Å². The van der Waals surface area contributed by atoms with Crippen molar-refractivity contribution in [2.45, 2.75) is 26.7 Å².